The zero-order valence-corrected chi connectivity index (χ0v) is 18.1. The van der Waals surface area contributed by atoms with E-state index in [1.807, 2.05) is 29.0 Å². The highest BCUT2D eigenvalue weighted by molar-refractivity contribution is 5.95. The first-order chi connectivity index (χ1) is 13.8. The number of anilines is 1. The first-order valence-corrected chi connectivity index (χ1v) is 9.99. The van der Waals surface area contributed by atoms with E-state index in [0.717, 1.165) is 33.5 Å². The number of carbonyl (C=O) groups excluding carboxylic acids is 1. The molecular weight excluding hydrogens is 364 g/mol. The Morgan fingerprint density at radius 1 is 1.00 bits per heavy atom. The summed E-state index contributed by atoms with van der Waals surface area (Å²) in [5.74, 6) is 2.02. The van der Waals surface area contributed by atoms with Gasteiger partial charge in [0.2, 0.25) is 5.91 Å². The van der Waals surface area contributed by atoms with Crippen molar-refractivity contribution in [3.63, 3.8) is 0 Å². The van der Waals surface area contributed by atoms with Crippen LogP contribution in [-0.4, -0.2) is 24.7 Å². The number of carbonyl (C=O) groups is 1. The molecule has 0 aliphatic rings. The van der Waals surface area contributed by atoms with Crippen LogP contribution in [0, 0.1) is 0 Å². The van der Waals surface area contributed by atoms with Crippen molar-refractivity contribution in [2.24, 2.45) is 0 Å². The number of nitrogens with one attached hydrogen (secondary N) is 1. The highest BCUT2D eigenvalue weighted by Crippen LogP contribution is 2.34. The van der Waals surface area contributed by atoms with Crippen molar-refractivity contribution in [2.75, 3.05) is 19.5 Å². The van der Waals surface area contributed by atoms with E-state index in [2.05, 4.69) is 51.2 Å². The van der Waals surface area contributed by atoms with Gasteiger partial charge >= 0.3 is 0 Å². The molecule has 0 atom stereocenters. The van der Waals surface area contributed by atoms with Crippen LogP contribution in [0.3, 0.4) is 0 Å². The molecule has 0 fully saturated rings. The third-order valence-corrected chi connectivity index (χ3v) is 5.23. The molecule has 1 N–H and O–H groups in total. The molecule has 0 saturated heterocycles. The van der Waals surface area contributed by atoms with Crippen molar-refractivity contribution < 1.29 is 14.3 Å². The van der Waals surface area contributed by atoms with E-state index >= 15 is 0 Å². The average Bonchev–Trinajstić information content (AvgIpc) is 3.09. The molecule has 29 heavy (non-hydrogen) atoms. The van der Waals surface area contributed by atoms with Crippen LogP contribution >= 0.6 is 0 Å². The van der Waals surface area contributed by atoms with Gasteiger partial charge < -0.3 is 19.4 Å². The second-order valence-corrected chi connectivity index (χ2v) is 7.88. The number of amides is 1. The summed E-state index contributed by atoms with van der Waals surface area (Å²) >= 11 is 0. The molecule has 154 valence electrons. The van der Waals surface area contributed by atoms with E-state index in [1.165, 1.54) is 0 Å². The smallest absolute Gasteiger partial charge is 0.244 e. The van der Waals surface area contributed by atoms with Crippen molar-refractivity contribution in [2.45, 2.75) is 46.1 Å². The van der Waals surface area contributed by atoms with Gasteiger partial charge in [-0.25, -0.2) is 0 Å². The molecule has 0 aliphatic heterocycles. The van der Waals surface area contributed by atoms with Crippen LogP contribution in [0.2, 0.25) is 0 Å². The fourth-order valence-electron chi connectivity index (χ4n) is 3.69. The number of rotatable bonds is 7. The van der Waals surface area contributed by atoms with Gasteiger partial charge in [-0.15, -0.1) is 0 Å². The van der Waals surface area contributed by atoms with E-state index in [-0.39, 0.29) is 12.5 Å². The number of ether oxygens (including phenoxy) is 2. The summed E-state index contributed by atoms with van der Waals surface area (Å²) in [6.45, 7) is 8.80. The first kappa shape index (κ1) is 20.8. The second-order valence-electron chi connectivity index (χ2n) is 7.88. The summed E-state index contributed by atoms with van der Waals surface area (Å²) in [5, 5.41) is 4.13. The first-order valence-electron chi connectivity index (χ1n) is 9.99. The Morgan fingerprint density at radius 2 is 1.66 bits per heavy atom. The second kappa shape index (κ2) is 8.60. The monoisotopic (exact) mass is 394 g/mol. The Bertz CT molecular complexity index is 992. The van der Waals surface area contributed by atoms with Gasteiger partial charge in [-0.3, -0.25) is 4.79 Å². The number of hydrogen-bond donors (Lipinski definition) is 1. The zero-order valence-electron chi connectivity index (χ0n) is 18.1. The lowest BCUT2D eigenvalue weighted by atomic mass is 9.92. The van der Waals surface area contributed by atoms with Gasteiger partial charge in [0, 0.05) is 29.4 Å². The van der Waals surface area contributed by atoms with Crippen molar-refractivity contribution in [1.82, 2.24) is 4.57 Å². The number of nitrogens with zero attached hydrogens (tertiary/aromatic N) is 1. The van der Waals surface area contributed by atoms with Crippen LogP contribution in [0.4, 0.5) is 5.69 Å². The highest BCUT2D eigenvalue weighted by atomic mass is 16.5. The van der Waals surface area contributed by atoms with Crippen molar-refractivity contribution in [1.29, 1.82) is 0 Å². The Kier molecular flexibility index (Phi) is 6.16. The van der Waals surface area contributed by atoms with E-state index in [4.69, 9.17) is 9.47 Å². The maximum absolute atomic E-state index is 13.0. The molecular formula is C24H30N2O3. The Labute approximate surface area is 172 Å². The van der Waals surface area contributed by atoms with Crippen LogP contribution in [0.25, 0.3) is 10.9 Å². The van der Waals surface area contributed by atoms with Crippen molar-refractivity contribution in [3.05, 3.63) is 53.7 Å². The van der Waals surface area contributed by atoms with E-state index in [0.29, 0.717) is 17.6 Å². The standard InChI is InChI=1S/C24H30N2O3/c1-15(2)18-8-7-9-19(16(3)4)24(18)25-23(27)14-26-11-10-20-21(26)12-17(28-5)13-22(20)29-6/h7-13,15-16H,14H2,1-6H3,(H,25,27). The average molecular weight is 395 g/mol. The lowest BCUT2D eigenvalue weighted by Crippen LogP contribution is -2.20. The topological polar surface area (TPSA) is 52.5 Å². The zero-order chi connectivity index (χ0) is 21.1. The Hall–Kier alpha value is -2.95. The molecule has 0 unspecified atom stereocenters. The number of aromatic nitrogens is 1. The minimum absolute atomic E-state index is 0.0562. The van der Waals surface area contributed by atoms with Crippen molar-refractivity contribution >= 4 is 22.5 Å². The molecule has 5 heteroatoms. The SMILES string of the molecule is COc1cc(OC)c2ccn(CC(=O)Nc3c(C(C)C)cccc3C(C)C)c2c1. The number of benzene rings is 2. The number of methoxy groups -OCH3 is 2. The largest absolute Gasteiger partial charge is 0.497 e. The van der Waals surface area contributed by atoms with Crippen LogP contribution in [-0.2, 0) is 11.3 Å². The van der Waals surface area contributed by atoms with Gasteiger partial charge in [-0.1, -0.05) is 45.9 Å². The number of para-hydroxylation sites is 1. The lowest BCUT2D eigenvalue weighted by Gasteiger charge is -2.20. The maximum atomic E-state index is 13.0. The summed E-state index contributed by atoms with van der Waals surface area (Å²) in [6, 6.07) is 12.0. The Morgan fingerprint density at radius 3 is 2.21 bits per heavy atom. The molecule has 0 spiro atoms. The quantitative estimate of drug-likeness (QED) is 0.572. The van der Waals surface area contributed by atoms with Crippen LogP contribution in [0.1, 0.15) is 50.7 Å². The highest BCUT2D eigenvalue weighted by Gasteiger charge is 2.17. The van der Waals surface area contributed by atoms with Gasteiger partial charge in [0.05, 0.1) is 19.7 Å². The fraction of sp³-hybridized carbons (Fsp3) is 0.375. The number of hydrogen-bond acceptors (Lipinski definition) is 3. The third kappa shape index (κ3) is 4.24. The molecule has 0 radical (unpaired) electrons. The lowest BCUT2D eigenvalue weighted by molar-refractivity contribution is -0.116. The van der Waals surface area contributed by atoms with Crippen LogP contribution < -0.4 is 14.8 Å². The summed E-state index contributed by atoms with van der Waals surface area (Å²) in [5.41, 5.74) is 4.15. The van der Waals surface area contributed by atoms with E-state index in [9.17, 15) is 4.79 Å². The summed E-state index contributed by atoms with van der Waals surface area (Å²) in [6.07, 6.45) is 1.91. The molecule has 1 amide bonds. The minimum atomic E-state index is -0.0562. The van der Waals surface area contributed by atoms with E-state index in [1.54, 1.807) is 14.2 Å². The predicted octanol–water partition coefficient (Wildman–Crippen LogP) is 5.54. The third-order valence-electron chi connectivity index (χ3n) is 5.23. The fourth-order valence-corrected chi connectivity index (χ4v) is 3.69. The normalized spacial score (nSPS) is 11.3. The Balaban J connectivity index is 1.93. The minimum Gasteiger partial charge on any atom is -0.497 e. The number of fused-ring (bicyclic) bond motifs is 1. The predicted molar refractivity (Wildman–Crippen MR) is 118 cm³/mol. The van der Waals surface area contributed by atoms with Gasteiger partial charge in [0.15, 0.2) is 0 Å². The maximum Gasteiger partial charge on any atom is 0.244 e. The van der Waals surface area contributed by atoms with Gasteiger partial charge in [0.1, 0.15) is 18.0 Å². The molecule has 3 aromatic rings. The van der Waals surface area contributed by atoms with Crippen molar-refractivity contribution in [3.8, 4) is 11.5 Å². The van der Waals surface area contributed by atoms with Crippen LogP contribution in [0.5, 0.6) is 11.5 Å². The summed E-state index contributed by atoms with van der Waals surface area (Å²) < 4.78 is 12.8. The molecule has 0 bridgehead atoms. The molecule has 1 aromatic heterocycles. The molecule has 5 nitrogen and oxygen atoms in total. The molecule has 1 heterocycles. The van der Waals surface area contributed by atoms with Crippen LogP contribution in [0.15, 0.2) is 42.6 Å². The van der Waals surface area contributed by atoms with Gasteiger partial charge in [0.25, 0.3) is 0 Å². The summed E-state index contributed by atoms with van der Waals surface area (Å²) in [4.78, 5) is 13.0. The molecule has 3 rings (SSSR count). The van der Waals surface area contributed by atoms with Gasteiger partial charge in [-0.05, 0) is 29.0 Å². The molecule has 0 saturated carbocycles. The van der Waals surface area contributed by atoms with E-state index < -0.39 is 0 Å². The molecule has 0 aliphatic carbocycles. The van der Waals surface area contributed by atoms with Gasteiger partial charge in [-0.2, -0.15) is 0 Å². The molecule has 2 aromatic carbocycles. The summed E-state index contributed by atoms with van der Waals surface area (Å²) in [7, 11) is 3.26.